The maximum absolute atomic E-state index is 5.43. The highest BCUT2D eigenvalue weighted by molar-refractivity contribution is 5.76. The minimum absolute atomic E-state index is 0.674. The number of hydrogen-bond acceptors (Lipinski definition) is 3. The molecule has 1 aromatic carbocycles. The van der Waals surface area contributed by atoms with E-state index < -0.39 is 0 Å². The summed E-state index contributed by atoms with van der Waals surface area (Å²) in [6.45, 7) is 4.61. The Balaban J connectivity index is 1.99. The van der Waals surface area contributed by atoms with Crippen molar-refractivity contribution in [2.45, 2.75) is 13.8 Å². The van der Waals surface area contributed by atoms with Crippen molar-refractivity contribution in [3.8, 4) is 17.1 Å². The summed E-state index contributed by atoms with van der Waals surface area (Å²) >= 11 is 0. The highest BCUT2D eigenvalue weighted by Crippen LogP contribution is 2.22. The number of aromatic amines is 1. The van der Waals surface area contributed by atoms with Crippen LogP contribution in [-0.2, 0) is 0 Å². The number of aromatic nitrogens is 3. The molecule has 2 heterocycles. The monoisotopic (exact) mass is 253 g/mol. The molecule has 0 radical (unpaired) electrons. The van der Waals surface area contributed by atoms with Gasteiger partial charge in [-0.2, -0.15) is 0 Å². The first-order valence-electron chi connectivity index (χ1n) is 6.33. The topological polar surface area (TPSA) is 50.8 Å². The average molecular weight is 253 g/mol. The first kappa shape index (κ1) is 11.7. The van der Waals surface area contributed by atoms with Gasteiger partial charge in [-0.15, -0.1) is 0 Å². The van der Waals surface area contributed by atoms with Gasteiger partial charge in [0, 0.05) is 11.3 Å². The van der Waals surface area contributed by atoms with Crippen LogP contribution < -0.4 is 4.74 Å². The standard InChI is InChI=1S/C15H15N3O/c1-3-19-12-7-5-11(6-8-12)14-17-13-9-4-10(2)16-15(13)18-14/h4-9H,3H2,1-2H3,(H,16,17,18). The summed E-state index contributed by atoms with van der Waals surface area (Å²) in [5, 5.41) is 0. The van der Waals surface area contributed by atoms with Crippen LogP contribution in [0.2, 0.25) is 0 Å². The lowest BCUT2D eigenvalue weighted by Crippen LogP contribution is -1.90. The number of H-pyrrole nitrogens is 1. The Kier molecular flexibility index (Phi) is 2.91. The van der Waals surface area contributed by atoms with Crippen LogP contribution in [0.15, 0.2) is 36.4 Å². The number of fused-ring (bicyclic) bond motifs is 1. The van der Waals surface area contributed by atoms with Crippen molar-refractivity contribution in [2.24, 2.45) is 0 Å². The van der Waals surface area contributed by atoms with E-state index in [1.54, 1.807) is 0 Å². The summed E-state index contributed by atoms with van der Waals surface area (Å²) < 4.78 is 5.43. The maximum Gasteiger partial charge on any atom is 0.178 e. The van der Waals surface area contributed by atoms with Crippen LogP contribution in [0.1, 0.15) is 12.6 Å². The lowest BCUT2D eigenvalue weighted by molar-refractivity contribution is 0.340. The third-order valence-corrected chi connectivity index (χ3v) is 2.92. The SMILES string of the molecule is CCOc1ccc(-c2nc3nc(C)ccc3[nH]2)cc1. The summed E-state index contributed by atoms with van der Waals surface area (Å²) in [5.41, 5.74) is 3.70. The molecule has 3 rings (SSSR count). The number of nitrogens with one attached hydrogen (secondary N) is 1. The zero-order chi connectivity index (χ0) is 13.2. The van der Waals surface area contributed by atoms with E-state index in [1.807, 2.05) is 50.2 Å². The molecule has 0 aliphatic carbocycles. The van der Waals surface area contributed by atoms with E-state index in [1.165, 1.54) is 0 Å². The molecule has 0 aliphatic rings. The molecule has 0 unspecified atom stereocenters. The molecule has 0 spiro atoms. The van der Waals surface area contributed by atoms with E-state index in [0.29, 0.717) is 6.61 Å². The van der Waals surface area contributed by atoms with E-state index in [4.69, 9.17) is 4.74 Å². The zero-order valence-electron chi connectivity index (χ0n) is 11.0. The largest absolute Gasteiger partial charge is 0.494 e. The van der Waals surface area contributed by atoms with Crippen LogP contribution >= 0.6 is 0 Å². The molecule has 2 aromatic heterocycles. The van der Waals surface area contributed by atoms with Crippen molar-refractivity contribution in [2.75, 3.05) is 6.61 Å². The Hall–Kier alpha value is -2.36. The van der Waals surface area contributed by atoms with Crippen molar-refractivity contribution in [3.05, 3.63) is 42.1 Å². The molecule has 3 aromatic rings. The van der Waals surface area contributed by atoms with Gasteiger partial charge in [0.1, 0.15) is 11.6 Å². The minimum atomic E-state index is 0.674. The van der Waals surface area contributed by atoms with Gasteiger partial charge in [-0.1, -0.05) is 0 Å². The summed E-state index contributed by atoms with van der Waals surface area (Å²) in [7, 11) is 0. The fourth-order valence-corrected chi connectivity index (χ4v) is 2.00. The lowest BCUT2D eigenvalue weighted by Gasteiger charge is -2.02. The number of nitrogens with zero attached hydrogens (tertiary/aromatic N) is 2. The highest BCUT2D eigenvalue weighted by atomic mass is 16.5. The van der Waals surface area contributed by atoms with Crippen LogP contribution in [0, 0.1) is 6.92 Å². The molecular formula is C15H15N3O. The number of hydrogen-bond donors (Lipinski definition) is 1. The smallest absolute Gasteiger partial charge is 0.178 e. The van der Waals surface area contributed by atoms with E-state index in [9.17, 15) is 0 Å². The molecule has 0 amide bonds. The van der Waals surface area contributed by atoms with Gasteiger partial charge in [0.25, 0.3) is 0 Å². The van der Waals surface area contributed by atoms with Crippen LogP contribution in [0.3, 0.4) is 0 Å². The van der Waals surface area contributed by atoms with E-state index in [-0.39, 0.29) is 0 Å². The molecule has 4 heteroatoms. The van der Waals surface area contributed by atoms with Crippen molar-refractivity contribution >= 4 is 11.2 Å². The highest BCUT2D eigenvalue weighted by Gasteiger charge is 2.06. The van der Waals surface area contributed by atoms with E-state index >= 15 is 0 Å². The lowest BCUT2D eigenvalue weighted by atomic mass is 10.2. The van der Waals surface area contributed by atoms with Gasteiger partial charge in [-0.05, 0) is 50.2 Å². The number of rotatable bonds is 3. The number of benzene rings is 1. The number of imidazole rings is 1. The van der Waals surface area contributed by atoms with Crippen molar-refractivity contribution in [3.63, 3.8) is 0 Å². The minimum Gasteiger partial charge on any atom is -0.494 e. The zero-order valence-corrected chi connectivity index (χ0v) is 11.0. The summed E-state index contributed by atoms with van der Waals surface area (Å²) in [5.74, 6) is 1.70. The van der Waals surface area contributed by atoms with Crippen molar-refractivity contribution in [1.82, 2.24) is 15.0 Å². The number of aryl methyl sites for hydroxylation is 1. The fourth-order valence-electron chi connectivity index (χ4n) is 2.00. The molecule has 0 aliphatic heterocycles. The molecular weight excluding hydrogens is 238 g/mol. The Labute approximate surface area is 111 Å². The molecule has 4 nitrogen and oxygen atoms in total. The second kappa shape index (κ2) is 4.72. The summed E-state index contributed by atoms with van der Waals surface area (Å²) in [4.78, 5) is 12.2. The number of pyridine rings is 1. The molecule has 0 saturated heterocycles. The summed E-state index contributed by atoms with van der Waals surface area (Å²) in [6.07, 6.45) is 0. The average Bonchev–Trinajstić information content (AvgIpc) is 2.83. The maximum atomic E-state index is 5.43. The summed E-state index contributed by atoms with van der Waals surface area (Å²) in [6, 6.07) is 11.9. The third-order valence-electron chi connectivity index (χ3n) is 2.92. The Bertz CT molecular complexity index is 701. The second-order valence-electron chi connectivity index (χ2n) is 4.37. The van der Waals surface area contributed by atoms with Gasteiger partial charge >= 0.3 is 0 Å². The van der Waals surface area contributed by atoms with Crippen LogP contribution in [-0.4, -0.2) is 21.6 Å². The van der Waals surface area contributed by atoms with Crippen molar-refractivity contribution < 1.29 is 4.74 Å². The Morgan fingerprint density at radius 3 is 2.58 bits per heavy atom. The Morgan fingerprint density at radius 1 is 1.05 bits per heavy atom. The first-order chi connectivity index (χ1) is 9.26. The first-order valence-corrected chi connectivity index (χ1v) is 6.33. The quantitative estimate of drug-likeness (QED) is 0.779. The van der Waals surface area contributed by atoms with Crippen molar-refractivity contribution in [1.29, 1.82) is 0 Å². The van der Waals surface area contributed by atoms with Gasteiger partial charge in [-0.3, -0.25) is 0 Å². The Morgan fingerprint density at radius 2 is 1.84 bits per heavy atom. The fraction of sp³-hybridized carbons (Fsp3) is 0.200. The van der Waals surface area contributed by atoms with Gasteiger partial charge in [0.15, 0.2) is 5.65 Å². The molecule has 96 valence electrons. The molecule has 0 atom stereocenters. The van der Waals surface area contributed by atoms with E-state index in [0.717, 1.165) is 34.0 Å². The molecule has 1 N–H and O–H groups in total. The molecule has 19 heavy (non-hydrogen) atoms. The van der Waals surface area contributed by atoms with Gasteiger partial charge in [0.05, 0.1) is 12.1 Å². The van der Waals surface area contributed by atoms with Gasteiger partial charge in [0.2, 0.25) is 0 Å². The van der Waals surface area contributed by atoms with Gasteiger partial charge in [-0.25, -0.2) is 9.97 Å². The number of ether oxygens (including phenoxy) is 1. The van der Waals surface area contributed by atoms with Crippen LogP contribution in [0.5, 0.6) is 5.75 Å². The van der Waals surface area contributed by atoms with Gasteiger partial charge < -0.3 is 9.72 Å². The molecule has 0 fully saturated rings. The third kappa shape index (κ3) is 2.29. The molecule has 0 bridgehead atoms. The molecule has 0 saturated carbocycles. The predicted octanol–water partition coefficient (Wildman–Crippen LogP) is 3.33. The second-order valence-corrected chi connectivity index (χ2v) is 4.37. The van der Waals surface area contributed by atoms with Crippen LogP contribution in [0.25, 0.3) is 22.6 Å². The predicted molar refractivity (Wildman–Crippen MR) is 75.2 cm³/mol. The normalized spacial score (nSPS) is 10.8. The van der Waals surface area contributed by atoms with Crippen LogP contribution in [0.4, 0.5) is 0 Å². The van der Waals surface area contributed by atoms with E-state index in [2.05, 4.69) is 15.0 Å².